The molecular weight excluding hydrogens is 472 g/mol. The molecule has 1 aromatic carbocycles. The number of aromatic amines is 1. The zero-order chi connectivity index (χ0) is 25.7. The predicted octanol–water partition coefficient (Wildman–Crippen LogP) is 5.67. The van der Waals surface area contributed by atoms with E-state index in [4.69, 9.17) is 9.97 Å². The van der Waals surface area contributed by atoms with Crippen LogP contribution in [0.15, 0.2) is 48.9 Å². The van der Waals surface area contributed by atoms with Crippen LogP contribution in [0.4, 0.5) is 0 Å². The van der Waals surface area contributed by atoms with Gasteiger partial charge in [-0.1, -0.05) is 24.6 Å². The Morgan fingerprint density at radius 3 is 2.79 bits per heavy atom. The first-order valence-corrected chi connectivity index (χ1v) is 14.0. The first-order valence-electron chi connectivity index (χ1n) is 14.0. The van der Waals surface area contributed by atoms with Gasteiger partial charge in [0.1, 0.15) is 5.65 Å². The Morgan fingerprint density at radius 2 is 1.95 bits per heavy atom. The number of pyridine rings is 2. The van der Waals surface area contributed by atoms with Gasteiger partial charge in [0.25, 0.3) is 0 Å². The predicted molar refractivity (Wildman–Crippen MR) is 151 cm³/mol. The van der Waals surface area contributed by atoms with Crippen molar-refractivity contribution in [1.82, 2.24) is 30.2 Å². The standard InChI is InChI=1S/C31H34N6O/c1-31(38)18-32-14-12-20(31)8-5-11-25-28-23(19-6-4-7-19)16-33-17-26(28)37-29(36-25)22-13-15-34-30-27(22)21-9-2-3-10-24(21)35-30/h2-3,9-10,13,15-17,19-20,32,38H,4-8,11-12,14,18H2,1H3,(H,34,35)/t20-,31-/m1/s1. The molecule has 7 nitrogen and oxygen atoms in total. The second kappa shape index (κ2) is 9.40. The first-order chi connectivity index (χ1) is 18.6. The SMILES string of the molecule is C[C@@]1(O)CNCC[C@H]1CCCc1nc(-c2ccnc3[nH]c4ccccc4c23)nc2cncc(C3CCC3)c12. The number of rotatable bonds is 6. The summed E-state index contributed by atoms with van der Waals surface area (Å²) in [4.78, 5) is 23.0. The van der Waals surface area contributed by atoms with Crippen LogP contribution in [0, 0.1) is 5.92 Å². The molecule has 0 bridgehead atoms. The summed E-state index contributed by atoms with van der Waals surface area (Å²) >= 11 is 0. The number of piperidine rings is 1. The van der Waals surface area contributed by atoms with Gasteiger partial charge >= 0.3 is 0 Å². The van der Waals surface area contributed by atoms with Crippen molar-refractivity contribution in [2.45, 2.75) is 63.4 Å². The molecule has 7 heteroatoms. The monoisotopic (exact) mass is 506 g/mol. The highest BCUT2D eigenvalue weighted by Crippen LogP contribution is 2.41. The van der Waals surface area contributed by atoms with E-state index in [1.807, 2.05) is 37.6 Å². The molecule has 2 fully saturated rings. The molecule has 1 aliphatic heterocycles. The first kappa shape index (κ1) is 23.7. The number of aromatic nitrogens is 5. The molecule has 5 heterocycles. The Balaban J connectivity index is 1.33. The molecule has 1 saturated heterocycles. The summed E-state index contributed by atoms with van der Waals surface area (Å²) in [5, 5.41) is 17.6. The molecule has 3 N–H and O–H groups in total. The van der Waals surface area contributed by atoms with E-state index in [9.17, 15) is 5.11 Å². The summed E-state index contributed by atoms with van der Waals surface area (Å²) in [6.07, 6.45) is 13.3. The average molecular weight is 507 g/mol. The number of hydrogen-bond acceptors (Lipinski definition) is 6. The number of β-amino-alcohol motifs (C(OH)–C–C–N with tert-alkyl or cyclic N) is 1. The van der Waals surface area contributed by atoms with Crippen LogP contribution >= 0.6 is 0 Å². The van der Waals surface area contributed by atoms with E-state index in [2.05, 4.69) is 38.5 Å². The smallest absolute Gasteiger partial charge is 0.160 e. The van der Waals surface area contributed by atoms with Gasteiger partial charge in [0, 0.05) is 46.2 Å². The second-order valence-corrected chi connectivity index (χ2v) is 11.4. The molecular formula is C31H34N6O. The Labute approximate surface area is 222 Å². The number of hydrogen-bond donors (Lipinski definition) is 3. The number of fused-ring (bicyclic) bond motifs is 4. The van der Waals surface area contributed by atoms with E-state index in [1.165, 1.54) is 30.2 Å². The zero-order valence-electron chi connectivity index (χ0n) is 21.9. The van der Waals surface area contributed by atoms with E-state index in [0.29, 0.717) is 18.4 Å². The topological polar surface area (TPSA) is 99.6 Å². The van der Waals surface area contributed by atoms with Crippen molar-refractivity contribution in [2.24, 2.45) is 5.92 Å². The van der Waals surface area contributed by atoms with Crippen molar-refractivity contribution in [3.63, 3.8) is 0 Å². The molecule has 0 spiro atoms. The fraction of sp³-hybridized carbons (Fsp3) is 0.419. The Kier molecular flexibility index (Phi) is 5.86. The normalized spacial score (nSPS) is 22.3. The molecule has 7 rings (SSSR count). The largest absolute Gasteiger partial charge is 0.389 e. The third-order valence-electron chi connectivity index (χ3n) is 8.90. The molecule has 0 unspecified atom stereocenters. The summed E-state index contributed by atoms with van der Waals surface area (Å²) in [7, 11) is 0. The van der Waals surface area contributed by atoms with Crippen molar-refractivity contribution in [3.8, 4) is 11.4 Å². The lowest BCUT2D eigenvalue weighted by Gasteiger charge is -2.37. The molecule has 2 atom stereocenters. The summed E-state index contributed by atoms with van der Waals surface area (Å²) in [5.74, 6) is 1.58. The average Bonchev–Trinajstić information content (AvgIpc) is 3.27. The number of benzene rings is 1. The lowest BCUT2D eigenvalue weighted by Crippen LogP contribution is -2.50. The number of nitrogens with zero attached hydrogens (tertiary/aromatic N) is 4. The van der Waals surface area contributed by atoms with Gasteiger partial charge in [-0.15, -0.1) is 0 Å². The molecule has 4 aromatic heterocycles. The van der Waals surface area contributed by atoms with Crippen molar-refractivity contribution in [2.75, 3.05) is 13.1 Å². The van der Waals surface area contributed by atoms with Crippen LogP contribution in [0.5, 0.6) is 0 Å². The quantitative estimate of drug-likeness (QED) is 0.274. The number of aliphatic hydroxyl groups is 1. The summed E-state index contributed by atoms with van der Waals surface area (Å²) in [6.45, 7) is 3.61. The molecule has 0 radical (unpaired) electrons. The lowest BCUT2D eigenvalue weighted by atomic mass is 9.78. The number of H-pyrrole nitrogens is 1. The zero-order valence-corrected chi connectivity index (χ0v) is 21.9. The van der Waals surface area contributed by atoms with E-state index in [-0.39, 0.29) is 0 Å². The van der Waals surface area contributed by atoms with Crippen LogP contribution in [0.2, 0.25) is 0 Å². The molecule has 0 amide bonds. The van der Waals surface area contributed by atoms with Crippen molar-refractivity contribution < 1.29 is 5.11 Å². The maximum Gasteiger partial charge on any atom is 0.160 e. The minimum absolute atomic E-state index is 0.301. The minimum atomic E-state index is -0.657. The van der Waals surface area contributed by atoms with Crippen LogP contribution in [0.25, 0.3) is 44.2 Å². The highest BCUT2D eigenvalue weighted by molar-refractivity contribution is 6.12. The van der Waals surface area contributed by atoms with Gasteiger partial charge in [-0.25, -0.2) is 15.0 Å². The highest BCUT2D eigenvalue weighted by Gasteiger charge is 2.34. The van der Waals surface area contributed by atoms with Gasteiger partial charge in [0.15, 0.2) is 5.82 Å². The third kappa shape index (κ3) is 4.05. The molecule has 194 valence electrons. The second-order valence-electron chi connectivity index (χ2n) is 11.4. The van der Waals surface area contributed by atoms with Crippen LogP contribution < -0.4 is 5.32 Å². The van der Waals surface area contributed by atoms with Crippen molar-refractivity contribution in [3.05, 3.63) is 60.2 Å². The maximum atomic E-state index is 10.9. The van der Waals surface area contributed by atoms with E-state index < -0.39 is 5.60 Å². The van der Waals surface area contributed by atoms with Gasteiger partial charge in [0.2, 0.25) is 0 Å². The van der Waals surface area contributed by atoms with Crippen molar-refractivity contribution >= 4 is 32.8 Å². The molecule has 5 aromatic rings. The van der Waals surface area contributed by atoms with Gasteiger partial charge < -0.3 is 15.4 Å². The molecule has 1 aliphatic carbocycles. The Hall–Kier alpha value is -3.42. The number of aryl methyl sites for hydroxylation is 1. The van der Waals surface area contributed by atoms with Crippen LogP contribution in [-0.2, 0) is 6.42 Å². The lowest BCUT2D eigenvalue weighted by molar-refractivity contribution is -0.0234. The summed E-state index contributed by atoms with van der Waals surface area (Å²) in [5.41, 5.74) is 5.58. The number of para-hydroxylation sites is 1. The van der Waals surface area contributed by atoms with Crippen LogP contribution in [0.3, 0.4) is 0 Å². The van der Waals surface area contributed by atoms with Gasteiger partial charge in [-0.05, 0) is 81.5 Å². The van der Waals surface area contributed by atoms with Gasteiger partial charge in [0.05, 0.1) is 23.0 Å². The minimum Gasteiger partial charge on any atom is -0.389 e. The maximum absolute atomic E-state index is 10.9. The molecule has 1 saturated carbocycles. The summed E-state index contributed by atoms with van der Waals surface area (Å²) in [6, 6.07) is 10.3. The van der Waals surface area contributed by atoms with E-state index >= 15 is 0 Å². The Morgan fingerprint density at radius 1 is 1.05 bits per heavy atom. The van der Waals surface area contributed by atoms with Gasteiger partial charge in [-0.3, -0.25) is 4.98 Å². The molecule has 2 aliphatic rings. The highest BCUT2D eigenvalue weighted by atomic mass is 16.3. The number of nitrogens with one attached hydrogen (secondary N) is 2. The van der Waals surface area contributed by atoms with Crippen LogP contribution in [0.1, 0.15) is 62.6 Å². The molecule has 38 heavy (non-hydrogen) atoms. The van der Waals surface area contributed by atoms with E-state index in [0.717, 1.165) is 76.8 Å². The van der Waals surface area contributed by atoms with Gasteiger partial charge in [-0.2, -0.15) is 0 Å². The van der Waals surface area contributed by atoms with E-state index in [1.54, 1.807) is 0 Å². The third-order valence-corrected chi connectivity index (χ3v) is 8.90. The summed E-state index contributed by atoms with van der Waals surface area (Å²) < 4.78 is 0. The fourth-order valence-electron chi connectivity index (χ4n) is 6.51. The Bertz CT molecular complexity index is 1640. The fourth-order valence-corrected chi connectivity index (χ4v) is 6.51. The van der Waals surface area contributed by atoms with Crippen LogP contribution in [-0.4, -0.2) is 48.7 Å². The van der Waals surface area contributed by atoms with Crippen molar-refractivity contribution in [1.29, 1.82) is 0 Å².